The molecular weight excluding hydrogens is 427 g/mol. The monoisotopic (exact) mass is 457 g/mol. The van der Waals surface area contributed by atoms with Gasteiger partial charge in [0.05, 0.1) is 6.54 Å². The van der Waals surface area contributed by atoms with E-state index in [-0.39, 0.29) is 23.4 Å². The molecule has 1 aliphatic rings. The summed E-state index contributed by atoms with van der Waals surface area (Å²) in [5.74, 6) is -1.96. The molecule has 33 heavy (non-hydrogen) atoms. The third-order valence-electron chi connectivity index (χ3n) is 5.95. The number of benzene rings is 1. The van der Waals surface area contributed by atoms with Crippen LogP contribution in [0.2, 0.25) is 0 Å². The third-order valence-corrected chi connectivity index (χ3v) is 5.95. The number of ether oxygens (including phenoxy) is 1. The SMILES string of the molecule is [2H]C([2H])([2H])NC(=O)c1c(O)c2ncc(Cc3ccc(F)cc3)c3c2n(c1=O)C[C@H](CN(CC)CC)O3. The normalized spacial score (nSPS) is 16.7. The summed E-state index contributed by atoms with van der Waals surface area (Å²) < 4.78 is 43.0. The maximum atomic E-state index is 13.4. The van der Waals surface area contributed by atoms with Crippen LogP contribution in [0.25, 0.3) is 11.0 Å². The summed E-state index contributed by atoms with van der Waals surface area (Å²) in [5.41, 5.74) is 0.0480. The first-order valence-electron chi connectivity index (χ1n) is 12.3. The zero-order valence-corrected chi connectivity index (χ0v) is 18.4. The van der Waals surface area contributed by atoms with Crippen molar-refractivity contribution in [3.05, 3.63) is 63.3 Å². The number of carbonyl (C=O) groups is 1. The largest absolute Gasteiger partial charge is 0.505 e. The van der Waals surface area contributed by atoms with E-state index < -0.39 is 35.9 Å². The van der Waals surface area contributed by atoms with Crippen LogP contribution >= 0.6 is 0 Å². The van der Waals surface area contributed by atoms with Gasteiger partial charge in [0.15, 0.2) is 11.5 Å². The predicted molar refractivity (Wildman–Crippen MR) is 122 cm³/mol. The van der Waals surface area contributed by atoms with Gasteiger partial charge in [-0.2, -0.15) is 0 Å². The average molecular weight is 458 g/mol. The van der Waals surface area contributed by atoms with Crippen molar-refractivity contribution in [2.45, 2.75) is 32.9 Å². The number of likely N-dealkylation sites (N-methyl/N-ethyl adjacent to an activating group) is 1. The molecule has 8 nitrogen and oxygen atoms in total. The summed E-state index contributed by atoms with van der Waals surface area (Å²) in [4.78, 5) is 32.5. The molecule has 0 radical (unpaired) electrons. The Morgan fingerprint density at radius 3 is 2.76 bits per heavy atom. The van der Waals surface area contributed by atoms with Gasteiger partial charge >= 0.3 is 0 Å². The number of amides is 1. The molecule has 0 bridgehead atoms. The predicted octanol–water partition coefficient (Wildman–Crippen LogP) is 2.29. The van der Waals surface area contributed by atoms with Gasteiger partial charge < -0.3 is 20.1 Å². The fraction of sp³-hybridized carbons (Fsp3) is 0.375. The second-order valence-corrected chi connectivity index (χ2v) is 7.93. The van der Waals surface area contributed by atoms with Gasteiger partial charge in [0.25, 0.3) is 11.5 Å². The molecule has 4 rings (SSSR count). The molecule has 0 saturated carbocycles. The minimum absolute atomic E-state index is 0.0514. The van der Waals surface area contributed by atoms with E-state index in [9.17, 15) is 19.1 Å². The average Bonchev–Trinajstić information content (AvgIpc) is 2.82. The van der Waals surface area contributed by atoms with Crippen LogP contribution in [0.15, 0.2) is 35.3 Å². The second-order valence-electron chi connectivity index (χ2n) is 7.93. The second kappa shape index (κ2) is 9.19. The van der Waals surface area contributed by atoms with Gasteiger partial charge in [-0.1, -0.05) is 26.0 Å². The summed E-state index contributed by atoms with van der Waals surface area (Å²) >= 11 is 0. The van der Waals surface area contributed by atoms with E-state index in [4.69, 9.17) is 8.85 Å². The Hall–Kier alpha value is -3.46. The van der Waals surface area contributed by atoms with Crippen LogP contribution in [0, 0.1) is 5.82 Å². The van der Waals surface area contributed by atoms with E-state index in [0.29, 0.717) is 24.3 Å². The molecule has 1 amide bonds. The highest BCUT2D eigenvalue weighted by Gasteiger charge is 2.32. The Kier molecular flexibility index (Phi) is 5.30. The molecule has 3 heterocycles. The van der Waals surface area contributed by atoms with Crippen LogP contribution in [-0.4, -0.2) is 58.2 Å². The number of nitrogens with zero attached hydrogens (tertiary/aromatic N) is 3. The third kappa shape index (κ3) is 4.16. The number of aromatic nitrogens is 2. The molecule has 1 atom stereocenters. The number of nitrogens with one attached hydrogen (secondary N) is 1. The minimum Gasteiger partial charge on any atom is -0.505 e. The molecule has 0 saturated heterocycles. The highest BCUT2D eigenvalue weighted by molar-refractivity contribution is 6.02. The van der Waals surface area contributed by atoms with E-state index >= 15 is 0 Å². The molecule has 0 aliphatic carbocycles. The van der Waals surface area contributed by atoms with Crippen LogP contribution in [0.5, 0.6) is 11.5 Å². The van der Waals surface area contributed by atoms with E-state index in [0.717, 1.165) is 18.7 Å². The van der Waals surface area contributed by atoms with Crippen molar-refractivity contribution < 1.29 is 23.1 Å². The Morgan fingerprint density at radius 2 is 2.09 bits per heavy atom. The molecule has 2 aromatic heterocycles. The minimum atomic E-state index is -2.85. The molecule has 0 unspecified atom stereocenters. The van der Waals surface area contributed by atoms with Crippen LogP contribution in [0.3, 0.4) is 0 Å². The lowest BCUT2D eigenvalue weighted by Gasteiger charge is -2.32. The summed E-state index contributed by atoms with van der Waals surface area (Å²) in [6.45, 7) is 3.25. The Bertz CT molecular complexity index is 1350. The van der Waals surface area contributed by atoms with Crippen molar-refractivity contribution >= 4 is 16.9 Å². The Labute approximate surface area is 194 Å². The molecule has 2 N–H and O–H groups in total. The quantitative estimate of drug-likeness (QED) is 0.565. The fourth-order valence-electron chi connectivity index (χ4n) is 4.20. The van der Waals surface area contributed by atoms with Crippen LogP contribution in [0.1, 0.15) is 39.4 Å². The highest BCUT2D eigenvalue weighted by atomic mass is 19.1. The Morgan fingerprint density at radius 1 is 1.36 bits per heavy atom. The standard InChI is InChI=1S/C24H27FN4O4/c1-4-28(5-2)12-17-13-29-20-19(21(30)18(24(29)32)23(31)26-3)27-11-15(22(20)33-17)10-14-6-8-16(25)9-7-14/h6-9,11,17,30H,4-5,10,12-13H2,1-3H3,(H,26,31)/t17-/m0/s1/i3D3. The summed E-state index contributed by atoms with van der Waals surface area (Å²) in [5, 5.41) is 12.6. The fourth-order valence-corrected chi connectivity index (χ4v) is 4.20. The van der Waals surface area contributed by atoms with Crippen LogP contribution < -0.4 is 15.6 Å². The smallest absolute Gasteiger partial charge is 0.268 e. The van der Waals surface area contributed by atoms with Crippen molar-refractivity contribution in [2.24, 2.45) is 0 Å². The summed E-state index contributed by atoms with van der Waals surface area (Å²) in [6.07, 6.45) is 1.34. The molecular formula is C24H27FN4O4. The topological polar surface area (TPSA) is 96.7 Å². The van der Waals surface area contributed by atoms with E-state index in [1.807, 2.05) is 13.8 Å². The van der Waals surface area contributed by atoms with E-state index in [2.05, 4.69) is 9.88 Å². The molecule has 0 spiro atoms. The van der Waals surface area contributed by atoms with Gasteiger partial charge in [0, 0.05) is 35.8 Å². The van der Waals surface area contributed by atoms with Gasteiger partial charge in [-0.05, 0) is 30.8 Å². The van der Waals surface area contributed by atoms with Gasteiger partial charge in [-0.3, -0.25) is 19.1 Å². The lowest BCUT2D eigenvalue weighted by Crippen LogP contribution is -2.44. The lowest BCUT2D eigenvalue weighted by molar-refractivity contribution is 0.0954. The van der Waals surface area contributed by atoms with E-state index in [1.165, 1.54) is 22.9 Å². The molecule has 1 aromatic carbocycles. The van der Waals surface area contributed by atoms with Gasteiger partial charge in [-0.15, -0.1) is 0 Å². The lowest BCUT2D eigenvalue weighted by atomic mass is 10.0. The van der Waals surface area contributed by atoms with Crippen LogP contribution in [0.4, 0.5) is 4.39 Å². The number of carbonyl (C=O) groups excluding carboxylic acids is 1. The van der Waals surface area contributed by atoms with Crippen molar-refractivity contribution in [3.63, 3.8) is 0 Å². The maximum absolute atomic E-state index is 13.4. The summed E-state index contributed by atoms with van der Waals surface area (Å²) in [7, 11) is 0. The number of aromatic hydroxyl groups is 1. The zero-order chi connectivity index (χ0) is 26.2. The number of hydrogen-bond donors (Lipinski definition) is 2. The summed E-state index contributed by atoms with van der Waals surface area (Å²) in [6, 6.07) is 5.96. The van der Waals surface area contributed by atoms with Gasteiger partial charge in [-0.25, -0.2) is 4.39 Å². The van der Waals surface area contributed by atoms with Crippen molar-refractivity contribution in [1.29, 1.82) is 0 Å². The van der Waals surface area contributed by atoms with Crippen molar-refractivity contribution in [3.8, 4) is 11.5 Å². The molecule has 3 aromatic rings. The van der Waals surface area contributed by atoms with Gasteiger partial charge in [0.1, 0.15) is 28.5 Å². The van der Waals surface area contributed by atoms with E-state index in [1.54, 1.807) is 17.4 Å². The molecule has 174 valence electrons. The first-order chi connectivity index (χ1) is 17.0. The number of pyridine rings is 2. The number of halogens is 1. The zero-order valence-electron chi connectivity index (χ0n) is 21.4. The highest BCUT2D eigenvalue weighted by Crippen LogP contribution is 2.37. The number of rotatable bonds is 7. The Balaban J connectivity index is 1.89. The molecule has 9 heteroatoms. The van der Waals surface area contributed by atoms with Crippen LogP contribution in [-0.2, 0) is 13.0 Å². The molecule has 0 fully saturated rings. The number of hydrogen-bond acceptors (Lipinski definition) is 6. The van der Waals surface area contributed by atoms with Gasteiger partial charge in [0.2, 0.25) is 0 Å². The van der Waals surface area contributed by atoms with Crippen molar-refractivity contribution in [2.75, 3.05) is 26.6 Å². The first kappa shape index (κ1) is 19.0. The molecule has 1 aliphatic heterocycles. The van der Waals surface area contributed by atoms with Crippen molar-refractivity contribution in [1.82, 2.24) is 19.8 Å². The maximum Gasteiger partial charge on any atom is 0.268 e. The first-order valence-corrected chi connectivity index (χ1v) is 10.8.